The van der Waals surface area contributed by atoms with Crippen LogP contribution in [0.4, 0.5) is 11.4 Å². The molecule has 1 aromatic rings. The number of carbonyl (C=O) groups is 1. The predicted molar refractivity (Wildman–Crippen MR) is 75.9 cm³/mol. The number of hydrogen-bond acceptors (Lipinski definition) is 4. The molecule has 0 unspecified atom stereocenters. The molecule has 0 radical (unpaired) electrons. The van der Waals surface area contributed by atoms with Crippen LogP contribution in [-0.4, -0.2) is 23.8 Å². The summed E-state index contributed by atoms with van der Waals surface area (Å²) in [6, 6.07) is 4.68. The monoisotopic (exact) mass is 264 g/mol. The fourth-order valence-corrected chi connectivity index (χ4v) is 2.17. The lowest BCUT2D eigenvalue weighted by atomic mass is 10.1. The van der Waals surface area contributed by atoms with E-state index >= 15 is 0 Å². The van der Waals surface area contributed by atoms with E-state index in [-0.39, 0.29) is 11.5 Å². The Morgan fingerprint density at radius 3 is 2.26 bits per heavy atom. The molecule has 0 N–H and O–H groups in total. The van der Waals surface area contributed by atoms with Crippen molar-refractivity contribution in [3.05, 3.63) is 33.9 Å². The van der Waals surface area contributed by atoms with Crippen molar-refractivity contribution in [3.8, 4) is 0 Å². The number of nitrogens with zero attached hydrogens (tertiary/aromatic N) is 2. The molecule has 5 heteroatoms. The number of nitro benzene ring substituents is 1. The van der Waals surface area contributed by atoms with Crippen molar-refractivity contribution in [1.29, 1.82) is 0 Å². The van der Waals surface area contributed by atoms with Crippen LogP contribution in [0.3, 0.4) is 0 Å². The minimum atomic E-state index is -0.417. The highest BCUT2D eigenvalue weighted by Gasteiger charge is 2.24. The van der Waals surface area contributed by atoms with E-state index in [0.717, 1.165) is 12.8 Å². The number of carbonyl (C=O) groups excluding carboxylic acids is 1. The van der Waals surface area contributed by atoms with Crippen LogP contribution in [-0.2, 0) is 0 Å². The number of nitro groups is 1. The topological polar surface area (TPSA) is 63.5 Å². The molecule has 0 amide bonds. The Morgan fingerprint density at radius 1 is 1.26 bits per heavy atom. The average Bonchev–Trinajstić information content (AvgIpc) is 2.37. The summed E-state index contributed by atoms with van der Waals surface area (Å²) in [6.45, 7) is 6.90. The van der Waals surface area contributed by atoms with Gasteiger partial charge in [0.05, 0.1) is 4.92 Å². The lowest BCUT2D eigenvalue weighted by molar-refractivity contribution is -0.384. The quantitative estimate of drug-likeness (QED) is 0.430. The average molecular weight is 264 g/mol. The number of ketones is 1. The van der Waals surface area contributed by atoms with Gasteiger partial charge in [-0.2, -0.15) is 0 Å². The molecule has 0 aliphatic heterocycles. The van der Waals surface area contributed by atoms with E-state index in [4.69, 9.17) is 0 Å². The van der Waals surface area contributed by atoms with Gasteiger partial charge < -0.3 is 4.90 Å². The molecule has 0 spiro atoms. The van der Waals surface area contributed by atoms with Gasteiger partial charge in [0, 0.05) is 24.7 Å². The summed E-state index contributed by atoms with van der Waals surface area (Å²) in [5, 5.41) is 11.2. The summed E-state index contributed by atoms with van der Waals surface area (Å²) in [7, 11) is 0. The van der Waals surface area contributed by atoms with Gasteiger partial charge in [0.1, 0.15) is 5.69 Å². The third-order valence-corrected chi connectivity index (χ3v) is 2.89. The summed E-state index contributed by atoms with van der Waals surface area (Å²) in [5.74, 6) is -0.143. The van der Waals surface area contributed by atoms with Gasteiger partial charge in [0.15, 0.2) is 5.78 Å². The van der Waals surface area contributed by atoms with Crippen LogP contribution in [0.25, 0.3) is 0 Å². The fourth-order valence-electron chi connectivity index (χ4n) is 2.17. The maximum absolute atomic E-state index is 11.7. The standard InChI is InChI=1S/C14H20N2O3/c1-4-9-15(10-5-2)14-12(11(3)17)7-6-8-13(14)16(18)19/h6-8H,4-5,9-10H2,1-3H3. The van der Waals surface area contributed by atoms with Gasteiger partial charge in [-0.3, -0.25) is 14.9 Å². The maximum Gasteiger partial charge on any atom is 0.293 e. The van der Waals surface area contributed by atoms with Gasteiger partial charge in [0.25, 0.3) is 5.69 Å². The van der Waals surface area contributed by atoms with E-state index in [1.807, 2.05) is 18.7 Å². The van der Waals surface area contributed by atoms with Gasteiger partial charge in [-0.15, -0.1) is 0 Å². The molecule has 0 heterocycles. The highest BCUT2D eigenvalue weighted by Crippen LogP contribution is 2.32. The molecule has 5 nitrogen and oxygen atoms in total. The molecule has 0 aliphatic carbocycles. The van der Waals surface area contributed by atoms with Crippen molar-refractivity contribution >= 4 is 17.2 Å². The van der Waals surface area contributed by atoms with Crippen LogP contribution in [0.5, 0.6) is 0 Å². The lowest BCUT2D eigenvalue weighted by Gasteiger charge is -2.25. The zero-order valence-corrected chi connectivity index (χ0v) is 11.7. The molecule has 0 bridgehead atoms. The summed E-state index contributed by atoms with van der Waals surface area (Å²) in [4.78, 5) is 24.4. The molecule has 0 atom stereocenters. The first-order chi connectivity index (χ1) is 9.02. The van der Waals surface area contributed by atoms with Crippen LogP contribution in [0.1, 0.15) is 44.0 Å². The first-order valence-corrected chi connectivity index (χ1v) is 6.56. The van der Waals surface area contributed by atoms with Gasteiger partial charge in [0.2, 0.25) is 0 Å². The largest absolute Gasteiger partial charge is 0.365 e. The highest BCUT2D eigenvalue weighted by molar-refractivity contribution is 6.01. The number of anilines is 1. The third-order valence-electron chi connectivity index (χ3n) is 2.89. The molecule has 0 fully saturated rings. The van der Waals surface area contributed by atoms with Crippen LogP contribution < -0.4 is 4.90 Å². The molecule has 0 saturated heterocycles. The Hall–Kier alpha value is -1.91. The summed E-state index contributed by atoms with van der Waals surface area (Å²) in [5.41, 5.74) is 0.898. The zero-order chi connectivity index (χ0) is 14.4. The molecular weight excluding hydrogens is 244 g/mol. The van der Waals surface area contributed by atoms with E-state index < -0.39 is 4.92 Å². The van der Waals surface area contributed by atoms with Crippen molar-refractivity contribution in [3.63, 3.8) is 0 Å². The van der Waals surface area contributed by atoms with E-state index in [9.17, 15) is 14.9 Å². The Morgan fingerprint density at radius 2 is 1.84 bits per heavy atom. The van der Waals surface area contributed by atoms with E-state index in [2.05, 4.69) is 0 Å². The molecule has 19 heavy (non-hydrogen) atoms. The normalized spacial score (nSPS) is 10.3. The summed E-state index contributed by atoms with van der Waals surface area (Å²) < 4.78 is 0. The van der Waals surface area contributed by atoms with Gasteiger partial charge in [-0.1, -0.05) is 19.9 Å². The minimum Gasteiger partial charge on any atom is -0.365 e. The minimum absolute atomic E-state index is 0.00889. The Labute approximate surface area is 113 Å². The summed E-state index contributed by atoms with van der Waals surface area (Å²) >= 11 is 0. The summed E-state index contributed by atoms with van der Waals surface area (Å²) in [6.07, 6.45) is 1.76. The molecule has 104 valence electrons. The second-order valence-corrected chi connectivity index (χ2v) is 4.47. The highest BCUT2D eigenvalue weighted by atomic mass is 16.6. The number of hydrogen-bond donors (Lipinski definition) is 0. The number of benzene rings is 1. The van der Waals surface area contributed by atoms with Crippen molar-refractivity contribution < 1.29 is 9.72 Å². The first-order valence-electron chi connectivity index (χ1n) is 6.56. The molecular formula is C14H20N2O3. The SMILES string of the molecule is CCCN(CCC)c1c(C(C)=O)cccc1[N+](=O)[O-]. The number of Topliss-reactive ketones (excluding diaryl/α,β-unsaturated/α-hetero) is 1. The van der Waals surface area contributed by atoms with E-state index in [1.54, 1.807) is 12.1 Å². The first kappa shape index (κ1) is 15.1. The van der Waals surface area contributed by atoms with Gasteiger partial charge >= 0.3 is 0 Å². The van der Waals surface area contributed by atoms with E-state index in [0.29, 0.717) is 24.3 Å². The Balaban J connectivity index is 3.40. The van der Waals surface area contributed by atoms with Crippen LogP contribution >= 0.6 is 0 Å². The van der Waals surface area contributed by atoms with Crippen molar-refractivity contribution in [2.45, 2.75) is 33.6 Å². The second kappa shape index (κ2) is 6.87. The number of para-hydroxylation sites is 1. The Kier molecular flexibility index (Phi) is 5.48. The Bertz CT molecular complexity index is 434. The fraction of sp³-hybridized carbons (Fsp3) is 0.500. The lowest BCUT2D eigenvalue weighted by Crippen LogP contribution is -2.27. The molecule has 1 rings (SSSR count). The van der Waals surface area contributed by atoms with Crippen LogP contribution in [0, 0.1) is 10.1 Å². The smallest absolute Gasteiger partial charge is 0.293 e. The van der Waals surface area contributed by atoms with Crippen LogP contribution in [0.2, 0.25) is 0 Å². The zero-order valence-electron chi connectivity index (χ0n) is 11.7. The third kappa shape index (κ3) is 3.53. The maximum atomic E-state index is 11.7. The number of rotatable bonds is 7. The molecule has 0 aromatic heterocycles. The van der Waals surface area contributed by atoms with Crippen molar-refractivity contribution in [2.75, 3.05) is 18.0 Å². The second-order valence-electron chi connectivity index (χ2n) is 4.47. The molecule has 0 saturated carbocycles. The molecule has 1 aromatic carbocycles. The van der Waals surface area contributed by atoms with Crippen molar-refractivity contribution in [2.24, 2.45) is 0 Å². The van der Waals surface area contributed by atoms with Gasteiger partial charge in [-0.05, 0) is 25.8 Å². The van der Waals surface area contributed by atoms with E-state index in [1.165, 1.54) is 13.0 Å². The molecule has 0 aliphatic rings. The van der Waals surface area contributed by atoms with Gasteiger partial charge in [-0.25, -0.2) is 0 Å². The van der Waals surface area contributed by atoms with Crippen LogP contribution in [0.15, 0.2) is 18.2 Å². The predicted octanol–water partition coefficient (Wildman–Crippen LogP) is 3.42. The van der Waals surface area contributed by atoms with Crippen molar-refractivity contribution in [1.82, 2.24) is 0 Å².